The first-order chi connectivity index (χ1) is 13.7. The van der Waals surface area contributed by atoms with Gasteiger partial charge in [-0.05, 0) is 93.4 Å². The van der Waals surface area contributed by atoms with Gasteiger partial charge in [-0.1, -0.05) is 45.7 Å². The lowest BCUT2D eigenvalue weighted by molar-refractivity contribution is -0.217. The van der Waals surface area contributed by atoms with Gasteiger partial charge in [-0.3, -0.25) is 4.79 Å². The predicted molar refractivity (Wildman–Crippen MR) is 122 cm³/mol. The quantitative estimate of drug-likeness (QED) is 0.379. The third kappa shape index (κ3) is 4.34. The van der Waals surface area contributed by atoms with Gasteiger partial charge in [0.15, 0.2) is 0 Å². The zero-order valence-corrected chi connectivity index (χ0v) is 21.0. The molecule has 1 atom stereocenters. The summed E-state index contributed by atoms with van der Waals surface area (Å²) in [5.41, 5.74) is 0.849. The molecule has 0 radical (unpaired) electrons. The Labute approximate surface area is 191 Å². The molecular formula is C24H32Br2O3. The predicted octanol–water partition coefficient (Wildman–Crippen LogP) is 6.86. The summed E-state index contributed by atoms with van der Waals surface area (Å²) < 4.78 is 15.0. The van der Waals surface area contributed by atoms with E-state index < -0.39 is 0 Å². The lowest BCUT2D eigenvalue weighted by atomic mass is 9.53. The maximum absolute atomic E-state index is 12.4. The summed E-state index contributed by atoms with van der Waals surface area (Å²) in [7, 11) is 0. The van der Waals surface area contributed by atoms with Crippen LogP contribution in [0.4, 0.5) is 0 Å². The Morgan fingerprint density at radius 2 is 1.48 bits per heavy atom. The molecule has 3 nitrogen and oxygen atoms in total. The fraction of sp³-hybridized carbons (Fsp3) is 0.708. The molecule has 5 heteroatoms. The highest BCUT2D eigenvalue weighted by molar-refractivity contribution is 9.11. The largest absolute Gasteiger partial charge is 0.462 e. The highest BCUT2D eigenvalue weighted by Crippen LogP contribution is 2.56. The Hall–Kier alpha value is -0.390. The molecule has 160 valence electrons. The van der Waals surface area contributed by atoms with Crippen molar-refractivity contribution < 1.29 is 14.3 Å². The minimum atomic E-state index is -0.339. The maximum Gasteiger partial charge on any atom is 0.308 e. The van der Waals surface area contributed by atoms with Gasteiger partial charge in [0.1, 0.15) is 6.10 Å². The van der Waals surface area contributed by atoms with Gasteiger partial charge in [-0.15, -0.1) is 0 Å². The lowest BCUT2D eigenvalue weighted by Gasteiger charge is -2.58. The van der Waals surface area contributed by atoms with E-state index in [1.54, 1.807) is 0 Å². The van der Waals surface area contributed by atoms with E-state index in [9.17, 15) is 4.79 Å². The van der Waals surface area contributed by atoms with E-state index in [0.717, 1.165) is 41.0 Å². The van der Waals surface area contributed by atoms with Crippen molar-refractivity contribution in [3.8, 4) is 0 Å². The molecule has 1 aromatic carbocycles. The van der Waals surface area contributed by atoms with E-state index in [0.29, 0.717) is 29.8 Å². The van der Waals surface area contributed by atoms with Gasteiger partial charge in [0, 0.05) is 8.95 Å². The number of esters is 1. The van der Waals surface area contributed by atoms with E-state index >= 15 is 0 Å². The molecule has 0 aromatic heterocycles. The molecule has 4 aliphatic rings. The van der Waals surface area contributed by atoms with Gasteiger partial charge in [0.25, 0.3) is 0 Å². The highest BCUT2D eigenvalue weighted by atomic mass is 79.9. The van der Waals surface area contributed by atoms with Crippen molar-refractivity contribution in [3.63, 3.8) is 0 Å². The molecule has 0 heterocycles. The van der Waals surface area contributed by atoms with E-state index in [2.05, 4.69) is 70.8 Å². The summed E-state index contributed by atoms with van der Waals surface area (Å²) in [4.78, 5) is 12.4. The van der Waals surface area contributed by atoms with Crippen molar-refractivity contribution in [1.29, 1.82) is 0 Å². The Kier molecular flexibility index (Phi) is 6.23. The van der Waals surface area contributed by atoms with E-state index in [-0.39, 0.29) is 23.6 Å². The van der Waals surface area contributed by atoms with Gasteiger partial charge < -0.3 is 9.47 Å². The average molecular weight is 528 g/mol. The second kappa shape index (κ2) is 8.27. The molecule has 4 saturated carbocycles. The number of halogens is 2. The number of carbonyl (C=O) groups is 1. The minimum Gasteiger partial charge on any atom is -0.462 e. The van der Waals surface area contributed by atoms with Crippen molar-refractivity contribution in [3.05, 3.63) is 32.7 Å². The van der Waals surface area contributed by atoms with Crippen molar-refractivity contribution in [1.82, 2.24) is 0 Å². The smallest absolute Gasteiger partial charge is 0.308 e. The van der Waals surface area contributed by atoms with Crippen LogP contribution in [0.3, 0.4) is 0 Å². The van der Waals surface area contributed by atoms with Crippen LogP contribution >= 0.6 is 31.9 Å². The molecule has 0 amide bonds. The van der Waals surface area contributed by atoms with Gasteiger partial charge in [-0.25, -0.2) is 0 Å². The van der Waals surface area contributed by atoms with Crippen LogP contribution in [0.5, 0.6) is 0 Å². The summed E-state index contributed by atoms with van der Waals surface area (Å²) in [6.07, 6.45) is 5.83. The Balaban J connectivity index is 1.45. The number of ether oxygens (including phenoxy) is 2. The van der Waals surface area contributed by atoms with Gasteiger partial charge in [-0.2, -0.15) is 0 Å². The second-order valence-corrected chi connectivity index (χ2v) is 11.8. The summed E-state index contributed by atoms with van der Waals surface area (Å²) in [6, 6.07) is 6.37. The third-order valence-electron chi connectivity index (χ3n) is 7.54. The third-order valence-corrected chi connectivity index (χ3v) is 8.45. The molecule has 4 fully saturated rings. The Morgan fingerprint density at radius 3 is 1.97 bits per heavy atom. The first-order valence-electron chi connectivity index (χ1n) is 11.0. The van der Waals surface area contributed by atoms with Gasteiger partial charge in [0.2, 0.25) is 0 Å². The topological polar surface area (TPSA) is 35.5 Å². The van der Waals surface area contributed by atoms with Gasteiger partial charge in [0.05, 0.1) is 17.6 Å². The van der Waals surface area contributed by atoms with Crippen molar-refractivity contribution in [2.24, 2.45) is 29.6 Å². The number of carbonyl (C=O) groups excluding carboxylic acids is 1. The first-order valence-corrected chi connectivity index (χ1v) is 12.6. The maximum atomic E-state index is 12.4. The van der Waals surface area contributed by atoms with E-state index in [1.807, 2.05) is 6.92 Å². The standard InChI is InChI=1S/C24H32Br2O3/c1-5-13(2)23(27)28-21-14-6-16-8-15(21)9-17(7-14)22(16)29-24(3,4)18-10-19(25)12-20(26)11-18/h10-17,21-22H,5-9H2,1-4H3. The minimum absolute atomic E-state index is 0.000798. The highest BCUT2D eigenvalue weighted by Gasteiger charge is 2.55. The van der Waals surface area contributed by atoms with Crippen LogP contribution in [0.25, 0.3) is 0 Å². The van der Waals surface area contributed by atoms with Gasteiger partial charge >= 0.3 is 5.97 Å². The van der Waals surface area contributed by atoms with Crippen LogP contribution in [-0.2, 0) is 19.9 Å². The van der Waals surface area contributed by atoms with E-state index in [1.165, 1.54) is 5.56 Å². The van der Waals surface area contributed by atoms with Crippen LogP contribution in [0.2, 0.25) is 0 Å². The first kappa shape index (κ1) is 21.8. The lowest BCUT2D eigenvalue weighted by Crippen LogP contribution is -2.57. The average Bonchev–Trinajstić information content (AvgIpc) is 2.64. The molecule has 0 saturated heterocycles. The summed E-state index contributed by atoms with van der Waals surface area (Å²) in [5.74, 6) is 2.23. The molecule has 29 heavy (non-hydrogen) atoms. The van der Waals surface area contributed by atoms with E-state index in [4.69, 9.17) is 9.47 Å². The zero-order chi connectivity index (χ0) is 20.9. The number of benzene rings is 1. The van der Waals surface area contributed by atoms with Crippen molar-refractivity contribution >= 4 is 37.8 Å². The normalized spacial score (nSPS) is 34.3. The second-order valence-electron chi connectivity index (χ2n) is 9.94. The molecule has 5 rings (SSSR count). The summed E-state index contributed by atoms with van der Waals surface area (Å²) >= 11 is 7.21. The molecule has 0 aliphatic heterocycles. The fourth-order valence-corrected chi connectivity index (χ4v) is 7.19. The molecule has 4 aliphatic carbocycles. The fourth-order valence-electron chi connectivity index (χ4n) is 5.89. The summed E-state index contributed by atoms with van der Waals surface area (Å²) in [6.45, 7) is 8.40. The SMILES string of the molecule is CCC(C)C(=O)OC1C2CC3CC1CC(C2)C3OC(C)(C)c1cc(Br)cc(Br)c1. The van der Waals surface area contributed by atoms with Crippen LogP contribution in [-0.4, -0.2) is 18.2 Å². The molecular weight excluding hydrogens is 496 g/mol. The molecule has 0 N–H and O–H groups in total. The zero-order valence-electron chi connectivity index (χ0n) is 17.8. The van der Waals surface area contributed by atoms with Crippen molar-refractivity contribution in [2.75, 3.05) is 0 Å². The monoisotopic (exact) mass is 526 g/mol. The molecule has 1 aromatic rings. The Bertz CT molecular complexity index is 725. The number of hydrogen-bond acceptors (Lipinski definition) is 3. The number of rotatable bonds is 6. The molecule has 4 bridgehead atoms. The summed E-state index contributed by atoms with van der Waals surface area (Å²) in [5, 5.41) is 0. The number of hydrogen-bond donors (Lipinski definition) is 0. The Morgan fingerprint density at radius 1 is 1.00 bits per heavy atom. The van der Waals surface area contributed by atoms with Crippen LogP contribution < -0.4 is 0 Å². The van der Waals surface area contributed by atoms with Crippen LogP contribution in [0.15, 0.2) is 27.1 Å². The van der Waals surface area contributed by atoms with Crippen LogP contribution in [0.1, 0.15) is 65.4 Å². The van der Waals surface area contributed by atoms with Crippen molar-refractivity contribution in [2.45, 2.75) is 77.6 Å². The van der Waals surface area contributed by atoms with Crippen LogP contribution in [0, 0.1) is 29.6 Å². The molecule has 1 unspecified atom stereocenters. The molecule has 0 spiro atoms.